The van der Waals surface area contributed by atoms with Crippen molar-refractivity contribution in [1.29, 1.82) is 0 Å². The van der Waals surface area contributed by atoms with Crippen LogP contribution in [-0.4, -0.2) is 43.2 Å². The van der Waals surface area contributed by atoms with Gasteiger partial charge in [-0.05, 0) is 85.5 Å². The largest absolute Gasteiger partial charge is 0.461 e. The first kappa shape index (κ1) is 40.5. The highest BCUT2D eigenvalue weighted by Crippen LogP contribution is 2.37. The van der Waals surface area contributed by atoms with Crippen molar-refractivity contribution in [3.63, 3.8) is 0 Å². The second kappa shape index (κ2) is 18.1. The van der Waals surface area contributed by atoms with Gasteiger partial charge in [0, 0.05) is 12.8 Å². The average Bonchev–Trinajstić information content (AvgIpc) is 3.67. The fourth-order valence-corrected chi connectivity index (χ4v) is 8.53. The van der Waals surface area contributed by atoms with E-state index in [1.807, 2.05) is 35.1 Å². The van der Waals surface area contributed by atoms with Crippen molar-refractivity contribution in [1.82, 2.24) is 19.1 Å². The molecule has 288 valence electrons. The van der Waals surface area contributed by atoms with Crippen LogP contribution in [0.3, 0.4) is 0 Å². The van der Waals surface area contributed by atoms with Crippen LogP contribution in [-0.2, 0) is 45.0 Å². The summed E-state index contributed by atoms with van der Waals surface area (Å²) in [6, 6.07) is 10.8. The molecular formula is C44H58N6O4. The van der Waals surface area contributed by atoms with Crippen LogP contribution in [0.5, 0.6) is 0 Å². The summed E-state index contributed by atoms with van der Waals surface area (Å²) in [5.74, 6) is 4.40. The van der Waals surface area contributed by atoms with Crippen molar-refractivity contribution in [2.45, 2.75) is 132 Å². The van der Waals surface area contributed by atoms with Gasteiger partial charge in [0.25, 0.3) is 0 Å². The van der Waals surface area contributed by atoms with Crippen LogP contribution in [0, 0.1) is 48.7 Å². The molecule has 6 rings (SSSR count). The number of ether oxygens (including phenoxy) is 2. The molecule has 2 heterocycles. The normalized spacial score (nSPS) is 22.7. The lowest BCUT2D eigenvalue weighted by atomic mass is 9.75. The minimum atomic E-state index is -0.207. The van der Waals surface area contributed by atoms with Gasteiger partial charge < -0.3 is 18.6 Å². The molecule has 2 aromatic heterocycles. The van der Waals surface area contributed by atoms with E-state index in [1.165, 1.54) is 12.8 Å². The number of hydrogen-bond acceptors (Lipinski definition) is 6. The third-order valence-electron chi connectivity index (χ3n) is 11.6. The Morgan fingerprint density at radius 3 is 1.65 bits per heavy atom. The molecule has 2 aliphatic rings. The zero-order chi connectivity index (χ0) is 39.1. The topological polar surface area (TPSA) is 97.0 Å². The summed E-state index contributed by atoms with van der Waals surface area (Å²) < 4.78 is 15.8. The summed E-state index contributed by atoms with van der Waals surface area (Å²) in [6.07, 6.45) is 8.04. The third kappa shape index (κ3) is 9.50. The Balaban J connectivity index is 0.000000208. The lowest BCUT2D eigenvalue weighted by Gasteiger charge is -2.36. The molecule has 10 nitrogen and oxygen atoms in total. The van der Waals surface area contributed by atoms with Crippen LogP contribution in [0.1, 0.15) is 106 Å². The summed E-state index contributed by atoms with van der Waals surface area (Å²) in [4.78, 5) is 41.7. The molecule has 0 radical (unpaired) electrons. The SMILES string of the molecule is [C-]#[N+]c1ccc2c(c1)nc(CC)n2CC(=O)O[C@@H]1C[C@H](C)CC[C@H]1C(C)C.[C-]#[N+]c1ccc2nc(CC)n(CC(=O)O[C@@H]3C[C@H](C)CC[C@H]3C(C)C)c2c1. The quantitative estimate of drug-likeness (QED) is 0.119. The molecular weight excluding hydrogens is 677 g/mol. The predicted molar refractivity (Wildman–Crippen MR) is 213 cm³/mol. The Kier molecular flexibility index (Phi) is 13.6. The van der Waals surface area contributed by atoms with E-state index in [1.54, 1.807) is 24.3 Å². The Morgan fingerprint density at radius 1 is 0.704 bits per heavy atom. The number of aromatic nitrogens is 4. The number of imidazole rings is 2. The maximum atomic E-state index is 12.8. The Hall–Kier alpha value is -4.70. The lowest BCUT2D eigenvalue weighted by Crippen LogP contribution is -2.36. The zero-order valence-electron chi connectivity index (χ0n) is 33.5. The monoisotopic (exact) mass is 734 g/mol. The summed E-state index contributed by atoms with van der Waals surface area (Å²) in [6.45, 7) is 32.1. The maximum Gasteiger partial charge on any atom is 0.326 e. The molecule has 4 aromatic rings. The fourth-order valence-electron chi connectivity index (χ4n) is 8.53. The Labute approximate surface area is 321 Å². The number of fused-ring (bicyclic) bond motifs is 2. The summed E-state index contributed by atoms with van der Waals surface area (Å²) in [5, 5.41) is 0. The zero-order valence-corrected chi connectivity index (χ0v) is 33.5. The van der Waals surface area contributed by atoms with E-state index in [0.717, 1.165) is 72.2 Å². The number of benzene rings is 2. The Morgan fingerprint density at radius 2 is 1.17 bits per heavy atom. The van der Waals surface area contributed by atoms with Crippen molar-refractivity contribution in [2.75, 3.05) is 0 Å². The summed E-state index contributed by atoms with van der Waals surface area (Å²) in [7, 11) is 0. The highest BCUT2D eigenvalue weighted by atomic mass is 16.5. The second-order valence-corrected chi connectivity index (χ2v) is 16.2. The van der Waals surface area contributed by atoms with Crippen LogP contribution in [0.4, 0.5) is 11.4 Å². The molecule has 2 fully saturated rings. The summed E-state index contributed by atoms with van der Waals surface area (Å²) in [5.41, 5.74) is 4.41. The van der Waals surface area contributed by atoms with Crippen molar-refractivity contribution in [2.24, 2.45) is 35.5 Å². The van der Waals surface area contributed by atoms with E-state index < -0.39 is 0 Å². The van der Waals surface area contributed by atoms with E-state index in [9.17, 15) is 9.59 Å². The molecule has 0 bridgehead atoms. The first-order valence-corrected chi connectivity index (χ1v) is 20.0. The number of hydrogen-bond donors (Lipinski definition) is 0. The highest BCUT2D eigenvalue weighted by molar-refractivity contribution is 5.83. The van der Waals surface area contributed by atoms with Crippen LogP contribution < -0.4 is 0 Å². The fraction of sp³-hybridized carbons (Fsp3) is 0.591. The smallest absolute Gasteiger partial charge is 0.326 e. The second-order valence-electron chi connectivity index (χ2n) is 16.2. The van der Waals surface area contributed by atoms with E-state index >= 15 is 0 Å². The van der Waals surface area contributed by atoms with E-state index in [0.29, 0.717) is 46.9 Å². The maximum absolute atomic E-state index is 12.8. The lowest BCUT2D eigenvalue weighted by molar-refractivity contribution is -0.157. The Bertz CT molecular complexity index is 2010. The van der Waals surface area contributed by atoms with Gasteiger partial charge in [0.2, 0.25) is 0 Å². The van der Waals surface area contributed by atoms with Gasteiger partial charge in [0.05, 0.1) is 35.2 Å². The highest BCUT2D eigenvalue weighted by Gasteiger charge is 2.35. The molecule has 0 unspecified atom stereocenters. The van der Waals surface area contributed by atoms with Crippen molar-refractivity contribution in [3.8, 4) is 0 Å². The van der Waals surface area contributed by atoms with Gasteiger partial charge in [-0.25, -0.2) is 19.7 Å². The first-order chi connectivity index (χ1) is 25.8. The van der Waals surface area contributed by atoms with Crippen LogP contribution >= 0.6 is 0 Å². The van der Waals surface area contributed by atoms with Gasteiger partial charge in [-0.2, -0.15) is 0 Å². The van der Waals surface area contributed by atoms with E-state index in [-0.39, 0.29) is 37.2 Å². The molecule has 10 heteroatoms. The molecule has 0 spiro atoms. The van der Waals surface area contributed by atoms with Gasteiger partial charge in [-0.1, -0.05) is 80.4 Å². The first-order valence-electron chi connectivity index (χ1n) is 20.0. The third-order valence-corrected chi connectivity index (χ3v) is 11.6. The van der Waals surface area contributed by atoms with Crippen LogP contribution in [0.25, 0.3) is 31.8 Å². The molecule has 0 saturated heterocycles. The van der Waals surface area contributed by atoms with Gasteiger partial charge in [-0.3, -0.25) is 9.59 Å². The molecule has 2 aliphatic carbocycles. The van der Waals surface area contributed by atoms with Gasteiger partial charge in [-0.15, -0.1) is 0 Å². The van der Waals surface area contributed by atoms with Gasteiger partial charge >= 0.3 is 11.9 Å². The van der Waals surface area contributed by atoms with Crippen molar-refractivity contribution >= 4 is 45.4 Å². The number of aryl methyl sites for hydroxylation is 2. The molecule has 6 atom stereocenters. The molecule has 2 aromatic carbocycles. The minimum Gasteiger partial charge on any atom is -0.461 e. The number of carbonyl (C=O) groups excluding carboxylic acids is 2. The minimum absolute atomic E-state index is 0.0000788. The predicted octanol–water partition coefficient (Wildman–Crippen LogP) is 10.3. The number of carbonyl (C=O) groups is 2. The number of esters is 2. The van der Waals surface area contributed by atoms with Crippen molar-refractivity contribution in [3.05, 3.63) is 70.9 Å². The van der Waals surface area contributed by atoms with Gasteiger partial charge in [0.15, 0.2) is 11.4 Å². The van der Waals surface area contributed by atoms with E-state index in [4.69, 9.17) is 22.6 Å². The average molecular weight is 735 g/mol. The number of rotatable bonds is 10. The molecule has 2 saturated carbocycles. The summed E-state index contributed by atoms with van der Waals surface area (Å²) >= 11 is 0. The van der Waals surface area contributed by atoms with Crippen molar-refractivity contribution < 1.29 is 19.1 Å². The standard InChI is InChI=1S/2C22H29N3O2/c1-6-21-24-18-12-16(23-5)8-10-19(18)25(21)13-22(26)27-20-11-15(4)7-9-17(20)14(2)3;1-6-21-24-18-10-8-16(23-5)12-19(18)25(21)13-22(26)27-20-11-15(4)7-9-17(20)14(2)3/h2*8,10,12,14-15,17,20H,6-7,9,11,13H2,1-4H3/t2*15-,17+,20-/m11/s1. The number of nitrogens with zero attached hydrogens (tertiary/aromatic N) is 6. The molecule has 54 heavy (non-hydrogen) atoms. The van der Waals surface area contributed by atoms with E-state index in [2.05, 4.69) is 61.2 Å². The molecule has 0 amide bonds. The molecule has 0 aliphatic heterocycles. The molecule has 0 N–H and O–H groups in total. The van der Waals surface area contributed by atoms with Crippen LogP contribution in [0.2, 0.25) is 0 Å². The van der Waals surface area contributed by atoms with Crippen LogP contribution in [0.15, 0.2) is 36.4 Å². The van der Waals surface area contributed by atoms with Gasteiger partial charge in [0.1, 0.15) is 36.9 Å².